The Hall–Kier alpha value is -2.27. The van der Waals surface area contributed by atoms with E-state index in [1.165, 1.54) is 13.3 Å². The number of carbonyl (C=O) groups is 1. The number of H-pyrrole nitrogens is 2. The van der Waals surface area contributed by atoms with Crippen LogP contribution in [0.15, 0.2) is 11.2 Å². The summed E-state index contributed by atoms with van der Waals surface area (Å²) in [5.74, 6) is -1.12. The number of carboxylic acids is 1. The van der Waals surface area contributed by atoms with Crippen LogP contribution in [0.1, 0.15) is 35.0 Å². The zero-order valence-electron chi connectivity index (χ0n) is 10.6. The molecule has 108 valence electrons. The minimum absolute atomic E-state index is 0.139. The van der Waals surface area contributed by atoms with Crippen LogP contribution >= 0.6 is 0 Å². The van der Waals surface area contributed by atoms with Crippen molar-refractivity contribution in [3.63, 3.8) is 0 Å². The Bertz CT molecular complexity index is 720. The molecule has 0 aliphatic carbocycles. The molecule has 1 unspecified atom stereocenters. The van der Waals surface area contributed by atoms with Crippen LogP contribution in [-0.2, 0) is 10.0 Å². The van der Waals surface area contributed by atoms with Crippen LogP contribution in [0.5, 0.6) is 0 Å². The van der Waals surface area contributed by atoms with E-state index in [4.69, 9.17) is 5.11 Å². The molecule has 0 saturated carbocycles. The fourth-order valence-electron chi connectivity index (χ4n) is 1.66. The van der Waals surface area contributed by atoms with Gasteiger partial charge in [0.25, 0.3) is 0 Å². The number of aromatic nitrogens is 5. The molecule has 0 fully saturated rings. The van der Waals surface area contributed by atoms with Crippen LogP contribution in [0.3, 0.4) is 0 Å². The Labute approximate surface area is 113 Å². The number of hydrogen-bond donors (Lipinski definition) is 4. The Morgan fingerprint density at radius 2 is 2.15 bits per heavy atom. The first-order valence-electron chi connectivity index (χ1n) is 5.48. The number of aromatic carboxylic acids is 1. The van der Waals surface area contributed by atoms with Gasteiger partial charge in [-0.1, -0.05) is 0 Å². The fourth-order valence-corrected chi connectivity index (χ4v) is 3.19. The van der Waals surface area contributed by atoms with Crippen LogP contribution in [0.25, 0.3) is 0 Å². The molecule has 2 rings (SSSR count). The number of aromatic amines is 2. The van der Waals surface area contributed by atoms with Gasteiger partial charge in [-0.3, -0.25) is 10.2 Å². The molecule has 0 amide bonds. The van der Waals surface area contributed by atoms with Crippen molar-refractivity contribution in [3.05, 3.63) is 23.5 Å². The van der Waals surface area contributed by atoms with Gasteiger partial charge in [0.1, 0.15) is 17.0 Å². The van der Waals surface area contributed by atoms with E-state index in [1.807, 2.05) is 0 Å². The summed E-state index contributed by atoms with van der Waals surface area (Å²) < 4.78 is 26.8. The van der Waals surface area contributed by atoms with E-state index in [0.29, 0.717) is 5.82 Å². The molecule has 1 atom stereocenters. The third-order valence-electron chi connectivity index (χ3n) is 2.54. The summed E-state index contributed by atoms with van der Waals surface area (Å²) in [4.78, 5) is 14.4. The van der Waals surface area contributed by atoms with Gasteiger partial charge in [0.2, 0.25) is 10.0 Å². The van der Waals surface area contributed by atoms with Crippen LogP contribution in [0.2, 0.25) is 0 Å². The standard InChI is InChI=1S/C9H12N6O4S/c1-4-7(6(9(16)17)13-12-4)20(18,19)15-5(2)8-10-3-11-14-8/h3,5,15H,1-2H3,(H,12,13)(H,16,17)(H,10,11,14). The second-order valence-corrected chi connectivity index (χ2v) is 5.70. The first-order valence-corrected chi connectivity index (χ1v) is 6.97. The Kier molecular flexibility index (Phi) is 3.55. The first-order chi connectivity index (χ1) is 9.33. The Morgan fingerprint density at radius 3 is 2.70 bits per heavy atom. The molecular weight excluding hydrogens is 288 g/mol. The molecular formula is C9H12N6O4S. The molecule has 4 N–H and O–H groups in total. The van der Waals surface area contributed by atoms with Crippen molar-refractivity contribution in [2.75, 3.05) is 0 Å². The maximum absolute atomic E-state index is 12.2. The average molecular weight is 300 g/mol. The van der Waals surface area contributed by atoms with Crippen LogP contribution in [0, 0.1) is 6.92 Å². The van der Waals surface area contributed by atoms with Crippen molar-refractivity contribution in [3.8, 4) is 0 Å². The zero-order chi connectivity index (χ0) is 14.9. The normalized spacial score (nSPS) is 13.3. The quantitative estimate of drug-likeness (QED) is 0.584. The largest absolute Gasteiger partial charge is 0.476 e. The van der Waals surface area contributed by atoms with E-state index in [-0.39, 0.29) is 5.69 Å². The molecule has 20 heavy (non-hydrogen) atoms. The van der Waals surface area contributed by atoms with E-state index in [0.717, 1.165) is 0 Å². The molecule has 0 aromatic carbocycles. The lowest BCUT2D eigenvalue weighted by atomic mass is 10.3. The molecule has 0 spiro atoms. The number of rotatable bonds is 5. The third kappa shape index (κ3) is 2.53. The highest BCUT2D eigenvalue weighted by atomic mass is 32.2. The molecule has 0 saturated heterocycles. The smallest absolute Gasteiger partial charge is 0.357 e. The molecule has 10 nitrogen and oxygen atoms in total. The summed E-state index contributed by atoms with van der Waals surface area (Å²) >= 11 is 0. The first kappa shape index (κ1) is 14.1. The number of nitrogens with zero attached hydrogens (tertiary/aromatic N) is 3. The van der Waals surface area contributed by atoms with Crippen LogP contribution in [0.4, 0.5) is 0 Å². The number of nitrogens with one attached hydrogen (secondary N) is 3. The maximum Gasteiger partial charge on any atom is 0.357 e. The number of aryl methyl sites for hydroxylation is 1. The van der Waals surface area contributed by atoms with E-state index < -0.39 is 32.6 Å². The summed E-state index contributed by atoms with van der Waals surface area (Å²) in [6.07, 6.45) is 1.24. The molecule has 0 aliphatic heterocycles. The van der Waals surface area contributed by atoms with Crippen molar-refractivity contribution < 1.29 is 18.3 Å². The Balaban J connectivity index is 2.36. The van der Waals surface area contributed by atoms with E-state index in [9.17, 15) is 13.2 Å². The lowest BCUT2D eigenvalue weighted by molar-refractivity contribution is 0.0686. The number of sulfonamides is 1. The second-order valence-electron chi connectivity index (χ2n) is 4.05. The second kappa shape index (κ2) is 5.02. The lowest BCUT2D eigenvalue weighted by Crippen LogP contribution is -2.29. The summed E-state index contributed by atoms with van der Waals surface area (Å²) in [7, 11) is -4.06. The van der Waals surface area contributed by atoms with Gasteiger partial charge in [-0.05, 0) is 13.8 Å². The van der Waals surface area contributed by atoms with Crippen molar-refractivity contribution in [1.29, 1.82) is 0 Å². The molecule has 0 bridgehead atoms. The predicted molar refractivity (Wildman–Crippen MR) is 65.4 cm³/mol. The SMILES string of the molecule is Cc1[nH]nc(C(=O)O)c1S(=O)(=O)NC(C)c1ncn[nH]1. The molecule has 0 radical (unpaired) electrons. The van der Waals surface area contributed by atoms with E-state index >= 15 is 0 Å². The van der Waals surface area contributed by atoms with E-state index in [2.05, 4.69) is 30.1 Å². The average Bonchev–Trinajstić information content (AvgIpc) is 2.96. The van der Waals surface area contributed by atoms with Gasteiger partial charge >= 0.3 is 5.97 Å². The van der Waals surface area contributed by atoms with E-state index in [1.54, 1.807) is 6.92 Å². The highest BCUT2D eigenvalue weighted by Crippen LogP contribution is 2.19. The fraction of sp³-hybridized carbons (Fsp3) is 0.333. The number of hydrogen-bond acceptors (Lipinski definition) is 6. The minimum Gasteiger partial charge on any atom is -0.476 e. The molecule has 11 heteroatoms. The summed E-state index contributed by atoms with van der Waals surface area (Å²) in [6, 6.07) is -0.696. The minimum atomic E-state index is -4.06. The van der Waals surface area contributed by atoms with Gasteiger partial charge in [-0.25, -0.2) is 22.9 Å². The highest BCUT2D eigenvalue weighted by molar-refractivity contribution is 7.89. The van der Waals surface area contributed by atoms with Gasteiger partial charge in [-0.15, -0.1) is 0 Å². The highest BCUT2D eigenvalue weighted by Gasteiger charge is 2.30. The van der Waals surface area contributed by atoms with Gasteiger partial charge in [0.05, 0.1) is 11.7 Å². The van der Waals surface area contributed by atoms with Crippen LogP contribution < -0.4 is 4.72 Å². The van der Waals surface area contributed by atoms with Crippen molar-refractivity contribution >= 4 is 16.0 Å². The Morgan fingerprint density at radius 1 is 1.45 bits per heavy atom. The predicted octanol–water partition coefficient (Wildman–Crippen LogP) is -0.426. The van der Waals surface area contributed by atoms with Crippen molar-refractivity contribution in [1.82, 2.24) is 30.1 Å². The van der Waals surface area contributed by atoms with Gasteiger partial charge in [0.15, 0.2) is 5.69 Å². The monoisotopic (exact) mass is 300 g/mol. The molecule has 0 aliphatic rings. The number of carboxylic acid groups (broad SMARTS) is 1. The van der Waals surface area contributed by atoms with Crippen LogP contribution in [-0.4, -0.2) is 44.9 Å². The van der Waals surface area contributed by atoms with Crippen molar-refractivity contribution in [2.45, 2.75) is 24.8 Å². The summed E-state index contributed by atoms with van der Waals surface area (Å²) in [5.41, 5.74) is -0.417. The third-order valence-corrected chi connectivity index (χ3v) is 4.24. The van der Waals surface area contributed by atoms with Gasteiger partial charge < -0.3 is 5.11 Å². The van der Waals surface area contributed by atoms with Gasteiger partial charge in [0, 0.05) is 0 Å². The van der Waals surface area contributed by atoms with Crippen molar-refractivity contribution in [2.24, 2.45) is 0 Å². The topological polar surface area (TPSA) is 154 Å². The summed E-state index contributed by atoms with van der Waals surface area (Å²) in [6.45, 7) is 2.97. The molecule has 2 aromatic rings. The lowest BCUT2D eigenvalue weighted by Gasteiger charge is -2.11. The maximum atomic E-state index is 12.2. The zero-order valence-corrected chi connectivity index (χ0v) is 11.4. The molecule has 2 heterocycles. The summed E-state index contributed by atoms with van der Waals surface area (Å²) in [5, 5.41) is 20.9. The molecule has 2 aromatic heterocycles. The van der Waals surface area contributed by atoms with Gasteiger partial charge in [-0.2, -0.15) is 10.2 Å².